The van der Waals surface area contributed by atoms with Gasteiger partial charge in [0.05, 0.1) is 24.1 Å². The van der Waals surface area contributed by atoms with Crippen LogP contribution in [0.15, 0.2) is 95.6 Å². The fraction of sp³-hybridized carbons (Fsp3) is 0.107. The molecule has 0 atom stereocenters. The second-order valence-corrected chi connectivity index (χ2v) is 8.78. The predicted molar refractivity (Wildman–Crippen MR) is 136 cm³/mol. The molecule has 0 aliphatic heterocycles. The molecule has 7 heteroatoms. The van der Waals surface area contributed by atoms with E-state index in [1.54, 1.807) is 53.6 Å². The number of ketones is 1. The summed E-state index contributed by atoms with van der Waals surface area (Å²) < 4.78 is 12.2. The quantitative estimate of drug-likeness (QED) is 0.240. The van der Waals surface area contributed by atoms with Crippen LogP contribution in [0.4, 0.5) is 5.13 Å². The van der Waals surface area contributed by atoms with Crippen molar-refractivity contribution in [1.82, 2.24) is 4.98 Å². The molecule has 2 aromatic heterocycles. The Kier molecular flexibility index (Phi) is 6.41. The largest absolute Gasteiger partial charge is 0.492 e. The number of hydrogen-bond donors (Lipinski definition) is 0. The maximum absolute atomic E-state index is 13.6. The molecule has 0 saturated heterocycles. The molecule has 0 bridgehead atoms. The van der Waals surface area contributed by atoms with Crippen molar-refractivity contribution in [2.24, 2.45) is 0 Å². The van der Waals surface area contributed by atoms with Crippen LogP contribution in [0.1, 0.15) is 39.0 Å². The SMILES string of the molecule is CCOc1cccc2sc(N(Cc3ccco3)C(=O)c3ccc(C(=O)c4ccccc4)cc3)nc12. The zero-order valence-corrected chi connectivity index (χ0v) is 19.8. The van der Waals surface area contributed by atoms with Gasteiger partial charge in [-0.05, 0) is 43.3 Å². The smallest absolute Gasteiger partial charge is 0.260 e. The molecule has 6 nitrogen and oxygen atoms in total. The van der Waals surface area contributed by atoms with Crippen LogP contribution < -0.4 is 9.64 Å². The molecular formula is C28H22N2O4S. The van der Waals surface area contributed by atoms with E-state index in [4.69, 9.17) is 14.1 Å². The number of nitrogens with zero attached hydrogens (tertiary/aromatic N) is 2. The summed E-state index contributed by atoms with van der Waals surface area (Å²) in [6.45, 7) is 2.67. The Morgan fingerprint density at radius 2 is 1.63 bits per heavy atom. The summed E-state index contributed by atoms with van der Waals surface area (Å²) in [5.74, 6) is 0.990. The van der Waals surface area contributed by atoms with Crippen LogP contribution in [0, 0.1) is 0 Å². The standard InChI is InChI=1S/C28H22N2O4S/c1-2-33-23-11-6-12-24-25(23)29-28(35-24)30(18-22-10-7-17-34-22)27(32)21-15-13-20(14-16-21)26(31)19-8-4-3-5-9-19/h3-17H,2,18H2,1H3. The molecule has 0 radical (unpaired) electrons. The fourth-order valence-electron chi connectivity index (χ4n) is 3.76. The number of anilines is 1. The summed E-state index contributed by atoms with van der Waals surface area (Å²) in [6.07, 6.45) is 1.58. The number of hydrogen-bond acceptors (Lipinski definition) is 6. The number of thiazole rings is 1. The maximum Gasteiger partial charge on any atom is 0.260 e. The van der Waals surface area contributed by atoms with E-state index >= 15 is 0 Å². The molecule has 0 fully saturated rings. The van der Waals surface area contributed by atoms with Crippen LogP contribution in [0.25, 0.3) is 10.2 Å². The number of ether oxygens (including phenoxy) is 1. The molecule has 5 aromatic rings. The first-order valence-electron chi connectivity index (χ1n) is 11.2. The van der Waals surface area contributed by atoms with Crippen LogP contribution in [0.2, 0.25) is 0 Å². The number of rotatable bonds is 8. The Morgan fingerprint density at radius 3 is 2.34 bits per heavy atom. The third-order valence-electron chi connectivity index (χ3n) is 5.47. The second-order valence-electron chi connectivity index (χ2n) is 7.78. The summed E-state index contributed by atoms with van der Waals surface area (Å²) >= 11 is 1.41. The number of carbonyl (C=O) groups excluding carboxylic acids is 2. The normalized spacial score (nSPS) is 10.9. The van der Waals surface area contributed by atoms with Gasteiger partial charge in [0.2, 0.25) is 0 Å². The molecular weight excluding hydrogens is 460 g/mol. The van der Waals surface area contributed by atoms with Crippen LogP contribution in [-0.2, 0) is 6.54 Å². The minimum absolute atomic E-state index is 0.0910. The number of benzene rings is 3. The first-order valence-corrected chi connectivity index (χ1v) is 12.0. The van der Waals surface area contributed by atoms with E-state index in [0.29, 0.717) is 39.9 Å². The van der Waals surface area contributed by atoms with Crippen LogP contribution >= 0.6 is 11.3 Å². The Morgan fingerprint density at radius 1 is 0.886 bits per heavy atom. The molecule has 0 aliphatic carbocycles. The van der Waals surface area contributed by atoms with E-state index < -0.39 is 0 Å². The number of furan rings is 1. The fourth-order valence-corrected chi connectivity index (χ4v) is 4.74. The Bertz CT molecular complexity index is 1460. The zero-order valence-electron chi connectivity index (χ0n) is 19.0. The van der Waals surface area contributed by atoms with Crippen molar-refractivity contribution < 1.29 is 18.7 Å². The average Bonchev–Trinajstić information content (AvgIpc) is 3.58. The second kappa shape index (κ2) is 9.95. The molecule has 5 rings (SSSR count). The van der Waals surface area contributed by atoms with E-state index in [1.807, 2.05) is 49.4 Å². The van der Waals surface area contributed by atoms with Gasteiger partial charge in [-0.25, -0.2) is 4.98 Å². The van der Waals surface area contributed by atoms with Crippen LogP contribution in [0.3, 0.4) is 0 Å². The van der Waals surface area contributed by atoms with Crippen molar-refractivity contribution in [2.45, 2.75) is 13.5 Å². The number of aromatic nitrogens is 1. The molecule has 174 valence electrons. The molecule has 0 saturated carbocycles. The lowest BCUT2D eigenvalue weighted by Crippen LogP contribution is -2.30. The van der Waals surface area contributed by atoms with E-state index in [1.165, 1.54) is 11.3 Å². The van der Waals surface area contributed by atoms with Crippen molar-refractivity contribution in [1.29, 1.82) is 0 Å². The van der Waals surface area contributed by atoms with Gasteiger partial charge in [-0.15, -0.1) is 0 Å². The lowest BCUT2D eigenvalue weighted by molar-refractivity contribution is 0.0981. The highest BCUT2D eigenvalue weighted by molar-refractivity contribution is 7.22. The number of amides is 1. The Hall–Kier alpha value is -4.23. The van der Waals surface area contributed by atoms with Gasteiger partial charge in [0.15, 0.2) is 10.9 Å². The van der Waals surface area contributed by atoms with E-state index in [9.17, 15) is 9.59 Å². The minimum atomic E-state index is -0.239. The van der Waals surface area contributed by atoms with Gasteiger partial charge >= 0.3 is 0 Å². The van der Waals surface area contributed by atoms with Crippen molar-refractivity contribution in [2.75, 3.05) is 11.5 Å². The maximum atomic E-state index is 13.6. The summed E-state index contributed by atoms with van der Waals surface area (Å²) in [5, 5.41) is 0.540. The monoisotopic (exact) mass is 482 g/mol. The average molecular weight is 483 g/mol. The lowest BCUT2D eigenvalue weighted by atomic mass is 10.0. The van der Waals surface area contributed by atoms with E-state index in [-0.39, 0.29) is 18.2 Å². The van der Waals surface area contributed by atoms with Gasteiger partial charge in [0.25, 0.3) is 5.91 Å². The molecule has 0 unspecified atom stereocenters. The summed E-state index contributed by atoms with van der Waals surface area (Å²) in [7, 11) is 0. The molecule has 0 aliphatic rings. The van der Waals surface area contributed by atoms with Crippen molar-refractivity contribution >= 4 is 38.4 Å². The molecule has 0 spiro atoms. The predicted octanol–water partition coefficient (Wildman–Crippen LogP) is 6.37. The summed E-state index contributed by atoms with van der Waals surface area (Å²) in [5.41, 5.74) is 2.29. The van der Waals surface area contributed by atoms with Gasteiger partial charge in [-0.2, -0.15) is 0 Å². The third kappa shape index (κ3) is 4.72. The number of fused-ring (bicyclic) bond motifs is 1. The van der Waals surface area contributed by atoms with Crippen LogP contribution in [0.5, 0.6) is 5.75 Å². The molecule has 1 amide bonds. The Labute approximate surface area is 206 Å². The zero-order chi connectivity index (χ0) is 24.2. The number of para-hydroxylation sites is 1. The van der Waals surface area contributed by atoms with Crippen LogP contribution in [-0.4, -0.2) is 23.3 Å². The first-order chi connectivity index (χ1) is 17.1. The molecule has 0 N–H and O–H groups in total. The highest BCUT2D eigenvalue weighted by Crippen LogP contribution is 2.35. The summed E-state index contributed by atoms with van der Waals surface area (Å²) in [4.78, 5) is 32.7. The van der Waals surface area contributed by atoms with E-state index in [0.717, 1.165) is 10.2 Å². The highest BCUT2D eigenvalue weighted by atomic mass is 32.1. The van der Waals surface area contributed by atoms with Gasteiger partial charge < -0.3 is 9.15 Å². The van der Waals surface area contributed by atoms with Crippen molar-refractivity contribution in [3.63, 3.8) is 0 Å². The van der Waals surface area contributed by atoms with Crippen molar-refractivity contribution in [3.05, 3.63) is 114 Å². The third-order valence-corrected chi connectivity index (χ3v) is 6.51. The lowest BCUT2D eigenvalue weighted by Gasteiger charge is -2.19. The highest BCUT2D eigenvalue weighted by Gasteiger charge is 2.24. The Balaban J connectivity index is 1.48. The first kappa shape index (κ1) is 22.6. The molecule has 3 aromatic carbocycles. The summed E-state index contributed by atoms with van der Waals surface area (Å²) in [6, 6.07) is 25.1. The minimum Gasteiger partial charge on any atom is -0.492 e. The van der Waals surface area contributed by atoms with Gasteiger partial charge in [-0.1, -0.05) is 59.9 Å². The van der Waals surface area contributed by atoms with Gasteiger partial charge in [-0.3, -0.25) is 14.5 Å². The number of carbonyl (C=O) groups is 2. The van der Waals surface area contributed by atoms with E-state index in [2.05, 4.69) is 0 Å². The molecule has 2 heterocycles. The topological polar surface area (TPSA) is 72.6 Å². The van der Waals surface area contributed by atoms with Gasteiger partial charge in [0, 0.05) is 16.7 Å². The molecule has 35 heavy (non-hydrogen) atoms. The van der Waals surface area contributed by atoms with Gasteiger partial charge in [0.1, 0.15) is 17.0 Å². The van der Waals surface area contributed by atoms with Crippen molar-refractivity contribution in [3.8, 4) is 5.75 Å².